The fourth-order valence-electron chi connectivity index (χ4n) is 3.37. The summed E-state index contributed by atoms with van der Waals surface area (Å²) >= 11 is 5.91. The summed E-state index contributed by atoms with van der Waals surface area (Å²) in [7, 11) is -3.73. The number of benzene rings is 2. The Morgan fingerprint density at radius 2 is 1.92 bits per heavy atom. The molecule has 0 aliphatic carbocycles. The van der Waals surface area contributed by atoms with Crippen molar-refractivity contribution in [1.29, 1.82) is 0 Å². The van der Waals surface area contributed by atoms with Crippen molar-refractivity contribution in [1.82, 2.24) is 0 Å². The van der Waals surface area contributed by atoms with E-state index in [9.17, 15) is 13.2 Å². The van der Waals surface area contributed by atoms with Crippen LogP contribution in [-0.2, 0) is 27.7 Å². The first-order valence-electron chi connectivity index (χ1n) is 7.68. The molecule has 7 heteroatoms. The zero-order chi connectivity index (χ0) is 16.9. The first-order chi connectivity index (χ1) is 11.4. The molecule has 2 aliphatic heterocycles. The van der Waals surface area contributed by atoms with Crippen molar-refractivity contribution in [3.05, 3.63) is 52.5 Å². The largest absolute Gasteiger partial charge is 0.312 e. The maximum Gasteiger partial charge on any atom is 0.261 e. The molecule has 2 aromatic carbocycles. The van der Waals surface area contributed by atoms with Crippen LogP contribution in [0.4, 0.5) is 11.4 Å². The first-order valence-corrected chi connectivity index (χ1v) is 9.55. The Morgan fingerprint density at radius 3 is 2.71 bits per heavy atom. The third-order valence-electron chi connectivity index (χ3n) is 4.37. The van der Waals surface area contributed by atoms with Gasteiger partial charge in [0.05, 0.1) is 22.7 Å². The summed E-state index contributed by atoms with van der Waals surface area (Å²) in [6.07, 6.45) is 1.90. The van der Waals surface area contributed by atoms with Gasteiger partial charge in [-0.25, -0.2) is 8.42 Å². The highest BCUT2D eigenvalue weighted by Crippen LogP contribution is 2.38. The molecule has 4 rings (SSSR count). The second-order valence-corrected chi connectivity index (χ2v) is 8.15. The number of rotatable bonds is 3. The van der Waals surface area contributed by atoms with Crippen molar-refractivity contribution in [2.45, 2.75) is 24.2 Å². The fraction of sp³-hybridized carbons (Fsp3) is 0.235. The number of nitrogens with zero attached hydrogens (tertiary/aromatic N) is 1. The van der Waals surface area contributed by atoms with Crippen molar-refractivity contribution in [3.63, 3.8) is 0 Å². The molecule has 2 heterocycles. The van der Waals surface area contributed by atoms with E-state index < -0.39 is 10.0 Å². The monoisotopic (exact) mass is 362 g/mol. The molecule has 2 aromatic rings. The number of anilines is 2. The standard InChI is InChI=1S/C17H15ClN2O3S/c18-13-4-1-5-14(10-13)19-24(22,23)15-7-11-3-2-6-20-16(21)9-12(8-15)17(11)20/h1,4-5,7-8,10,19H,2-3,6,9H2. The lowest BCUT2D eigenvalue weighted by Crippen LogP contribution is -2.31. The summed E-state index contributed by atoms with van der Waals surface area (Å²) in [5.41, 5.74) is 3.04. The Labute approximate surface area is 145 Å². The molecule has 1 N–H and O–H groups in total. The molecule has 0 aromatic heterocycles. The van der Waals surface area contributed by atoms with E-state index >= 15 is 0 Å². The smallest absolute Gasteiger partial charge is 0.261 e. The van der Waals surface area contributed by atoms with Gasteiger partial charge < -0.3 is 4.90 Å². The summed E-state index contributed by atoms with van der Waals surface area (Å²) in [6.45, 7) is 0.714. The Balaban J connectivity index is 1.75. The van der Waals surface area contributed by atoms with Crippen molar-refractivity contribution in [3.8, 4) is 0 Å². The van der Waals surface area contributed by atoms with E-state index in [2.05, 4.69) is 4.72 Å². The van der Waals surface area contributed by atoms with E-state index in [0.29, 0.717) is 17.3 Å². The number of hydrogen-bond donors (Lipinski definition) is 1. The van der Waals surface area contributed by atoms with Crippen LogP contribution in [0.3, 0.4) is 0 Å². The topological polar surface area (TPSA) is 66.5 Å². The highest BCUT2D eigenvalue weighted by molar-refractivity contribution is 7.92. The van der Waals surface area contributed by atoms with Crippen molar-refractivity contribution >= 4 is 38.9 Å². The zero-order valence-corrected chi connectivity index (χ0v) is 14.3. The number of aryl methyl sites for hydroxylation is 1. The quantitative estimate of drug-likeness (QED) is 0.912. The molecule has 24 heavy (non-hydrogen) atoms. The molecular weight excluding hydrogens is 348 g/mol. The van der Waals surface area contributed by atoms with E-state index in [1.165, 1.54) is 0 Å². The van der Waals surface area contributed by atoms with Gasteiger partial charge >= 0.3 is 0 Å². The minimum Gasteiger partial charge on any atom is -0.312 e. The molecule has 0 radical (unpaired) electrons. The van der Waals surface area contributed by atoms with E-state index in [0.717, 1.165) is 29.7 Å². The molecule has 5 nitrogen and oxygen atoms in total. The number of hydrogen-bond acceptors (Lipinski definition) is 3. The minimum absolute atomic E-state index is 0.0447. The van der Waals surface area contributed by atoms with E-state index in [1.54, 1.807) is 41.3 Å². The van der Waals surface area contributed by atoms with Crippen LogP contribution in [0.25, 0.3) is 0 Å². The number of carbonyl (C=O) groups is 1. The van der Waals surface area contributed by atoms with Crippen LogP contribution in [0.1, 0.15) is 17.5 Å². The average Bonchev–Trinajstić information content (AvgIpc) is 2.85. The van der Waals surface area contributed by atoms with Gasteiger partial charge in [-0.05, 0) is 54.3 Å². The first kappa shape index (κ1) is 15.5. The average molecular weight is 363 g/mol. The van der Waals surface area contributed by atoms with Crippen LogP contribution in [-0.4, -0.2) is 20.9 Å². The molecule has 0 spiro atoms. The molecule has 124 valence electrons. The number of sulfonamides is 1. The molecule has 1 amide bonds. The van der Waals surface area contributed by atoms with Crippen molar-refractivity contribution in [2.24, 2.45) is 0 Å². The van der Waals surface area contributed by atoms with Gasteiger partial charge in [0.2, 0.25) is 5.91 Å². The third-order valence-corrected chi connectivity index (χ3v) is 5.96. The van der Waals surface area contributed by atoms with Gasteiger partial charge in [0, 0.05) is 11.6 Å². The van der Waals surface area contributed by atoms with Gasteiger partial charge in [-0.15, -0.1) is 0 Å². The molecule has 2 aliphatic rings. The van der Waals surface area contributed by atoms with Crippen LogP contribution >= 0.6 is 11.6 Å². The van der Waals surface area contributed by atoms with Crippen LogP contribution < -0.4 is 9.62 Å². The Morgan fingerprint density at radius 1 is 1.12 bits per heavy atom. The molecule has 0 atom stereocenters. The van der Waals surface area contributed by atoms with E-state index in [1.807, 2.05) is 0 Å². The summed E-state index contributed by atoms with van der Waals surface area (Å²) < 4.78 is 28.0. The van der Waals surface area contributed by atoms with Crippen molar-refractivity contribution < 1.29 is 13.2 Å². The molecule has 0 bridgehead atoms. The summed E-state index contributed by atoms with van der Waals surface area (Å²) in [5.74, 6) is 0.0447. The molecule has 0 unspecified atom stereocenters. The molecule has 0 saturated heterocycles. The zero-order valence-electron chi connectivity index (χ0n) is 12.8. The van der Waals surface area contributed by atoms with Crippen LogP contribution in [0.2, 0.25) is 5.02 Å². The molecule has 0 saturated carbocycles. The maximum absolute atomic E-state index is 12.7. The second kappa shape index (κ2) is 5.50. The SMILES string of the molecule is O=C1Cc2cc(S(=O)(=O)Nc3cccc(Cl)c3)cc3c2N1CCC3. The van der Waals surface area contributed by atoms with Crippen LogP contribution in [0.5, 0.6) is 0 Å². The van der Waals surface area contributed by atoms with Gasteiger partial charge in [0.1, 0.15) is 0 Å². The Hall–Kier alpha value is -2.05. The van der Waals surface area contributed by atoms with E-state index in [4.69, 9.17) is 11.6 Å². The lowest BCUT2D eigenvalue weighted by atomic mass is 10.0. The lowest BCUT2D eigenvalue weighted by Gasteiger charge is -2.26. The highest BCUT2D eigenvalue weighted by Gasteiger charge is 2.33. The van der Waals surface area contributed by atoms with Gasteiger partial charge in [-0.1, -0.05) is 17.7 Å². The van der Waals surface area contributed by atoms with Gasteiger partial charge in [0.25, 0.3) is 10.0 Å². The lowest BCUT2D eigenvalue weighted by molar-refractivity contribution is -0.117. The second-order valence-electron chi connectivity index (χ2n) is 6.03. The fourth-order valence-corrected chi connectivity index (χ4v) is 4.71. The van der Waals surface area contributed by atoms with Gasteiger partial charge in [-0.3, -0.25) is 9.52 Å². The van der Waals surface area contributed by atoms with Crippen molar-refractivity contribution in [2.75, 3.05) is 16.2 Å². The predicted molar refractivity (Wildman–Crippen MR) is 93.1 cm³/mol. The summed E-state index contributed by atoms with van der Waals surface area (Å²) in [4.78, 5) is 14.0. The van der Waals surface area contributed by atoms with Gasteiger partial charge in [-0.2, -0.15) is 0 Å². The number of amides is 1. The number of carbonyl (C=O) groups excluding carboxylic acids is 1. The molecular formula is C17H15ClN2O3S. The van der Waals surface area contributed by atoms with Gasteiger partial charge in [0.15, 0.2) is 0 Å². The maximum atomic E-state index is 12.7. The van der Waals surface area contributed by atoms with Crippen LogP contribution in [0, 0.1) is 0 Å². The Bertz CT molecular complexity index is 956. The minimum atomic E-state index is -3.73. The van der Waals surface area contributed by atoms with Crippen LogP contribution in [0.15, 0.2) is 41.3 Å². The predicted octanol–water partition coefficient (Wildman–Crippen LogP) is 2.98. The highest BCUT2D eigenvalue weighted by atomic mass is 35.5. The van der Waals surface area contributed by atoms with E-state index in [-0.39, 0.29) is 17.2 Å². The molecule has 0 fully saturated rings. The number of nitrogens with one attached hydrogen (secondary N) is 1. The summed E-state index contributed by atoms with van der Waals surface area (Å²) in [6, 6.07) is 9.85. The third kappa shape index (κ3) is 2.56. The summed E-state index contributed by atoms with van der Waals surface area (Å²) in [5, 5.41) is 0.459. The normalized spacial score (nSPS) is 16.2. The Kier molecular flexibility index (Phi) is 3.54. The number of halogens is 1.